The van der Waals surface area contributed by atoms with Crippen LogP contribution in [0.15, 0.2) is 12.4 Å². The third-order valence-corrected chi connectivity index (χ3v) is 3.09. The average molecular weight is 239 g/mol. The van der Waals surface area contributed by atoms with Gasteiger partial charge in [0.25, 0.3) is 0 Å². The van der Waals surface area contributed by atoms with E-state index in [4.69, 9.17) is 4.74 Å². The zero-order valence-corrected chi connectivity index (χ0v) is 11.4. The summed E-state index contributed by atoms with van der Waals surface area (Å²) < 4.78 is 7.26. The number of hydrogen-bond acceptors (Lipinski definition) is 3. The summed E-state index contributed by atoms with van der Waals surface area (Å²) in [7, 11) is 1.77. The second kappa shape index (κ2) is 7.45. The Kier molecular flexibility index (Phi) is 6.22. The highest BCUT2D eigenvalue weighted by Crippen LogP contribution is 2.19. The van der Waals surface area contributed by atoms with E-state index >= 15 is 0 Å². The maximum Gasteiger partial charge on any atom is 0.0543 e. The zero-order valence-electron chi connectivity index (χ0n) is 11.4. The van der Waals surface area contributed by atoms with Gasteiger partial charge in [0.2, 0.25) is 0 Å². The smallest absolute Gasteiger partial charge is 0.0543 e. The van der Waals surface area contributed by atoms with Gasteiger partial charge in [0.15, 0.2) is 0 Å². The van der Waals surface area contributed by atoms with Crippen molar-refractivity contribution in [3.63, 3.8) is 0 Å². The van der Waals surface area contributed by atoms with Gasteiger partial charge in [-0.1, -0.05) is 6.92 Å². The number of nitrogens with zero attached hydrogens (tertiary/aromatic N) is 2. The van der Waals surface area contributed by atoms with Gasteiger partial charge in [-0.05, 0) is 33.2 Å². The molecule has 0 fully saturated rings. The van der Waals surface area contributed by atoms with E-state index < -0.39 is 0 Å². The van der Waals surface area contributed by atoms with Gasteiger partial charge in [-0.15, -0.1) is 0 Å². The fourth-order valence-electron chi connectivity index (χ4n) is 1.88. The van der Waals surface area contributed by atoms with Gasteiger partial charge in [0.1, 0.15) is 0 Å². The monoisotopic (exact) mass is 239 g/mol. The molecule has 98 valence electrons. The number of nitrogens with one attached hydrogen (secondary N) is 1. The summed E-state index contributed by atoms with van der Waals surface area (Å²) in [5.41, 5.74) is 1.28. The molecule has 1 aromatic heterocycles. The summed E-state index contributed by atoms with van der Waals surface area (Å²) in [5, 5.41) is 7.84. The number of ether oxygens (including phenoxy) is 1. The van der Waals surface area contributed by atoms with Crippen LogP contribution in [0, 0.1) is 0 Å². The number of rotatable bonds is 8. The summed E-state index contributed by atoms with van der Waals surface area (Å²) in [5.74, 6) is 0. The van der Waals surface area contributed by atoms with E-state index in [9.17, 15) is 0 Å². The van der Waals surface area contributed by atoms with Crippen molar-refractivity contribution in [1.29, 1.82) is 0 Å². The van der Waals surface area contributed by atoms with E-state index in [0.717, 1.165) is 25.9 Å². The predicted molar refractivity (Wildman–Crippen MR) is 70.0 cm³/mol. The molecule has 4 heteroatoms. The van der Waals surface area contributed by atoms with Crippen LogP contribution in [0.2, 0.25) is 0 Å². The van der Waals surface area contributed by atoms with Gasteiger partial charge in [-0.2, -0.15) is 5.10 Å². The molecule has 1 aromatic rings. The molecule has 0 aliphatic rings. The van der Waals surface area contributed by atoms with Gasteiger partial charge < -0.3 is 10.1 Å². The summed E-state index contributed by atoms with van der Waals surface area (Å²) in [6, 6.07) is 0.387. The Morgan fingerprint density at radius 2 is 2.18 bits per heavy atom. The molecule has 1 heterocycles. The molecule has 0 aromatic carbocycles. The Morgan fingerprint density at radius 1 is 1.41 bits per heavy atom. The lowest BCUT2D eigenvalue weighted by Gasteiger charge is -2.18. The first-order valence-electron chi connectivity index (χ1n) is 6.49. The molecule has 1 N–H and O–H groups in total. The molecule has 2 atom stereocenters. The topological polar surface area (TPSA) is 39.1 Å². The van der Waals surface area contributed by atoms with E-state index in [1.54, 1.807) is 7.11 Å². The molecule has 0 spiro atoms. The highest BCUT2D eigenvalue weighted by Gasteiger charge is 2.13. The molecular formula is C13H25N3O. The summed E-state index contributed by atoms with van der Waals surface area (Å²) in [6.45, 7) is 8.25. The molecule has 0 amide bonds. The van der Waals surface area contributed by atoms with Crippen LogP contribution >= 0.6 is 0 Å². The van der Waals surface area contributed by atoms with Crippen molar-refractivity contribution < 1.29 is 4.74 Å². The van der Waals surface area contributed by atoms with Crippen molar-refractivity contribution in [3.8, 4) is 0 Å². The van der Waals surface area contributed by atoms with Crippen molar-refractivity contribution in [2.75, 3.05) is 13.7 Å². The van der Waals surface area contributed by atoms with Crippen LogP contribution in [-0.2, 0) is 11.3 Å². The zero-order chi connectivity index (χ0) is 12.7. The highest BCUT2D eigenvalue weighted by molar-refractivity contribution is 5.10. The fourth-order valence-corrected chi connectivity index (χ4v) is 1.88. The maximum absolute atomic E-state index is 5.29. The number of hydrogen-bond donors (Lipinski definition) is 1. The van der Waals surface area contributed by atoms with Crippen molar-refractivity contribution in [2.45, 2.75) is 52.3 Å². The first-order chi connectivity index (χ1) is 8.21. The Labute approximate surface area is 104 Å². The van der Waals surface area contributed by atoms with E-state index in [0.29, 0.717) is 12.1 Å². The molecule has 4 nitrogen and oxygen atoms in total. The minimum Gasteiger partial charge on any atom is -0.382 e. The van der Waals surface area contributed by atoms with Crippen molar-refractivity contribution >= 4 is 0 Å². The summed E-state index contributed by atoms with van der Waals surface area (Å²) in [4.78, 5) is 0. The Morgan fingerprint density at radius 3 is 2.71 bits per heavy atom. The minimum absolute atomic E-state index is 0.317. The van der Waals surface area contributed by atoms with Crippen LogP contribution in [0.25, 0.3) is 0 Å². The quantitative estimate of drug-likeness (QED) is 0.757. The van der Waals surface area contributed by atoms with E-state index in [1.165, 1.54) is 5.56 Å². The number of aryl methyl sites for hydroxylation is 1. The number of methoxy groups -OCH3 is 1. The molecule has 0 radical (unpaired) electrons. The number of aromatic nitrogens is 2. The van der Waals surface area contributed by atoms with E-state index in [1.807, 2.05) is 10.9 Å². The summed E-state index contributed by atoms with van der Waals surface area (Å²) in [6.07, 6.45) is 6.56. The van der Waals surface area contributed by atoms with Crippen molar-refractivity contribution in [1.82, 2.24) is 15.1 Å². The molecule has 0 saturated carbocycles. The molecule has 17 heavy (non-hydrogen) atoms. The Hall–Kier alpha value is -0.870. The standard InChI is InChI=1S/C13H25N3O/c1-5-14-13(8-7-11(3)17-4)12-9-15-16(6-2)10-12/h9-11,13-14H,5-8H2,1-4H3. The molecular weight excluding hydrogens is 214 g/mol. The summed E-state index contributed by atoms with van der Waals surface area (Å²) >= 11 is 0. The maximum atomic E-state index is 5.29. The molecule has 0 saturated heterocycles. The van der Waals surface area contributed by atoms with Gasteiger partial charge in [0.05, 0.1) is 12.3 Å². The predicted octanol–water partition coefficient (Wildman–Crippen LogP) is 2.37. The van der Waals surface area contributed by atoms with E-state index in [-0.39, 0.29) is 0 Å². The third kappa shape index (κ3) is 4.48. The Balaban J connectivity index is 2.58. The molecule has 2 unspecified atom stereocenters. The van der Waals surface area contributed by atoms with Crippen molar-refractivity contribution in [3.05, 3.63) is 18.0 Å². The van der Waals surface area contributed by atoms with Gasteiger partial charge in [-0.3, -0.25) is 4.68 Å². The van der Waals surface area contributed by atoms with Crippen LogP contribution in [-0.4, -0.2) is 29.5 Å². The minimum atomic E-state index is 0.317. The van der Waals surface area contributed by atoms with Crippen LogP contribution in [0.3, 0.4) is 0 Å². The van der Waals surface area contributed by atoms with Gasteiger partial charge in [-0.25, -0.2) is 0 Å². The molecule has 0 bridgehead atoms. The second-order valence-electron chi connectivity index (χ2n) is 4.36. The van der Waals surface area contributed by atoms with Gasteiger partial charge >= 0.3 is 0 Å². The molecule has 0 aliphatic carbocycles. The van der Waals surface area contributed by atoms with Crippen molar-refractivity contribution in [2.24, 2.45) is 0 Å². The first kappa shape index (κ1) is 14.2. The van der Waals surface area contributed by atoms with Crippen LogP contribution in [0.4, 0.5) is 0 Å². The third-order valence-electron chi connectivity index (χ3n) is 3.09. The second-order valence-corrected chi connectivity index (χ2v) is 4.36. The SMILES string of the molecule is CCNC(CCC(C)OC)c1cnn(CC)c1. The lowest BCUT2D eigenvalue weighted by Crippen LogP contribution is -2.22. The van der Waals surface area contributed by atoms with Crippen LogP contribution < -0.4 is 5.32 Å². The van der Waals surface area contributed by atoms with E-state index in [2.05, 4.69) is 37.4 Å². The largest absolute Gasteiger partial charge is 0.382 e. The lowest BCUT2D eigenvalue weighted by atomic mass is 10.0. The van der Waals surface area contributed by atoms with Crippen LogP contribution in [0.5, 0.6) is 0 Å². The fraction of sp³-hybridized carbons (Fsp3) is 0.769. The normalized spacial score (nSPS) is 14.8. The molecule has 1 rings (SSSR count). The lowest BCUT2D eigenvalue weighted by molar-refractivity contribution is 0.106. The Bertz CT molecular complexity index is 311. The highest BCUT2D eigenvalue weighted by atomic mass is 16.5. The molecule has 0 aliphatic heterocycles. The average Bonchev–Trinajstić information content (AvgIpc) is 2.82. The van der Waals surface area contributed by atoms with Crippen LogP contribution in [0.1, 0.15) is 45.2 Å². The first-order valence-corrected chi connectivity index (χ1v) is 6.49. The van der Waals surface area contributed by atoms with Gasteiger partial charge in [0, 0.05) is 31.5 Å².